The van der Waals surface area contributed by atoms with Crippen molar-refractivity contribution in [3.05, 3.63) is 65.3 Å². The van der Waals surface area contributed by atoms with E-state index in [2.05, 4.69) is 56.4 Å². The number of alkyl halides is 1. The van der Waals surface area contributed by atoms with E-state index in [1.54, 1.807) is 12.3 Å². The first-order chi connectivity index (χ1) is 16.9. The summed E-state index contributed by atoms with van der Waals surface area (Å²) in [7, 11) is 2.16. The molecule has 1 fully saturated rings. The number of aromatic nitrogens is 2. The summed E-state index contributed by atoms with van der Waals surface area (Å²) in [6.07, 6.45) is 1.70. The van der Waals surface area contributed by atoms with E-state index in [0.717, 1.165) is 70.8 Å². The molecule has 0 aliphatic carbocycles. The topological polar surface area (TPSA) is 64.3 Å². The Morgan fingerprint density at radius 1 is 1.06 bits per heavy atom. The number of piperazine rings is 1. The Morgan fingerprint density at radius 3 is 2.49 bits per heavy atom. The molecule has 35 heavy (non-hydrogen) atoms. The third-order valence-electron chi connectivity index (χ3n) is 6.59. The summed E-state index contributed by atoms with van der Waals surface area (Å²) in [5.74, 6) is -0.345. The summed E-state index contributed by atoms with van der Waals surface area (Å²) in [5.41, 5.74) is 7.47. The molecule has 8 heteroatoms. The molecule has 1 amide bonds. The summed E-state index contributed by atoms with van der Waals surface area (Å²) in [6, 6.07) is 16.4. The number of hydrogen-bond donors (Lipinski definition) is 2. The van der Waals surface area contributed by atoms with Crippen molar-refractivity contribution in [1.82, 2.24) is 14.9 Å². The molecule has 2 aromatic carbocycles. The monoisotopic (exact) mass is 507 g/mol. The van der Waals surface area contributed by atoms with Crippen LogP contribution in [0.25, 0.3) is 33.4 Å². The number of fused-ring (bicyclic) bond motifs is 1. The maximum absolute atomic E-state index is 12.0. The fraction of sp³-hybridized carbons (Fsp3) is 0.259. The van der Waals surface area contributed by atoms with Crippen LogP contribution in [-0.4, -0.2) is 59.9 Å². The summed E-state index contributed by atoms with van der Waals surface area (Å²) in [4.78, 5) is 24.8. The zero-order valence-electron chi connectivity index (χ0n) is 19.7. The molecule has 4 aromatic rings. The van der Waals surface area contributed by atoms with Gasteiger partial charge in [0.2, 0.25) is 5.91 Å². The second-order valence-corrected chi connectivity index (χ2v) is 9.61. The predicted molar refractivity (Wildman–Crippen MR) is 146 cm³/mol. The second kappa shape index (κ2) is 9.90. The molecule has 0 radical (unpaired) electrons. The Labute approximate surface area is 214 Å². The normalized spacial score (nSPS) is 14.5. The van der Waals surface area contributed by atoms with Gasteiger partial charge in [0, 0.05) is 54.7 Å². The van der Waals surface area contributed by atoms with Crippen molar-refractivity contribution < 1.29 is 4.79 Å². The molecule has 0 saturated carbocycles. The summed E-state index contributed by atoms with van der Waals surface area (Å²) < 4.78 is 0. The lowest BCUT2D eigenvalue weighted by Crippen LogP contribution is -2.44. The third-order valence-corrected chi connectivity index (χ3v) is 7.15. The zero-order valence-corrected chi connectivity index (χ0v) is 21.2. The van der Waals surface area contributed by atoms with E-state index < -0.39 is 0 Å². The van der Waals surface area contributed by atoms with Crippen molar-refractivity contribution in [2.24, 2.45) is 0 Å². The van der Waals surface area contributed by atoms with Crippen LogP contribution in [0.1, 0.15) is 5.56 Å². The molecule has 6 nitrogen and oxygen atoms in total. The number of carbonyl (C=O) groups excluding carboxylic acids is 1. The first kappa shape index (κ1) is 23.7. The number of nitrogens with zero attached hydrogens (tertiary/aromatic N) is 3. The van der Waals surface area contributed by atoms with E-state index in [9.17, 15) is 4.79 Å². The van der Waals surface area contributed by atoms with E-state index in [0.29, 0.717) is 5.02 Å². The average Bonchev–Trinajstić information content (AvgIpc) is 3.27. The van der Waals surface area contributed by atoms with E-state index in [1.165, 1.54) is 5.69 Å². The molecule has 0 bridgehead atoms. The molecule has 180 valence electrons. The molecular weight excluding hydrogens is 481 g/mol. The van der Waals surface area contributed by atoms with Crippen molar-refractivity contribution in [3.63, 3.8) is 0 Å². The molecule has 2 aromatic heterocycles. The second-order valence-electron chi connectivity index (χ2n) is 8.94. The molecule has 2 N–H and O–H groups in total. The van der Waals surface area contributed by atoms with Crippen LogP contribution in [0.3, 0.4) is 0 Å². The van der Waals surface area contributed by atoms with E-state index >= 15 is 0 Å². The Bertz CT molecular complexity index is 1370. The number of likely N-dealkylation sites (N-methyl/N-ethyl adjacent to an activating group) is 1. The minimum atomic E-state index is -0.245. The highest BCUT2D eigenvalue weighted by molar-refractivity contribution is 6.37. The number of aromatic amines is 1. The molecule has 5 rings (SSSR count). The zero-order chi connectivity index (χ0) is 24.5. The van der Waals surface area contributed by atoms with Crippen LogP contribution in [0, 0.1) is 6.92 Å². The number of amides is 1. The van der Waals surface area contributed by atoms with E-state index in [1.807, 2.05) is 25.1 Å². The van der Waals surface area contributed by atoms with Crippen LogP contribution < -0.4 is 10.2 Å². The number of aryl methyl sites for hydroxylation is 1. The van der Waals surface area contributed by atoms with Gasteiger partial charge in [0.05, 0.1) is 10.7 Å². The number of rotatable bonds is 5. The van der Waals surface area contributed by atoms with Crippen molar-refractivity contribution >= 4 is 51.5 Å². The van der Waals surface area contributed by atoms with Crippen LogP contribution in [0.15, 0.2) is 54.7 Å². The smallest absolute Gasteiger partial charge is 0.239 e. The number of halogens is 2. The van der Waals surface area contributed by atoms with Crippen LogP contribution in [0.5, 0.6) is 0 Å². The van der Waals surface area contributed by atoms with Crippen molar-refractivity contribution in [2.75, 3.05) is 49.3 Å². The number of H-pyrrole nitrogens is 1. The first-order valence-electron chi connectivity index (χ1n) is 11.6. The lowest BCUT2D eigenvalue weighted by Gasteiger charge is -2.34. The Kier molecular flexibility index (Phi) is 6.69. The van der Waals surface area contributed by atoms with Crippen LogP contribution in [-0.2, 0) is 4.79 Å². The SMILES string of the molecule is Cc1ccc(-c2c(-c3ccc(N4CCN(C)CC4)cc3)[nH]c3nccc(Cl)c23)cc1NC(=O)CCl. The molecule has 1 aliphatic rings. The predicted octanol–water partition coefficient (Wildman–Crippen LogP) is 5.79. The molecule has 0 atom stereocenters. The number of hydrogen-bond acceptors (Lipinski definition) is 4. The number of nitrogens with one attached hydrogen (secondary N) is 2. The maximum Gasteiger partial charge on any atom is 0.239 e. The lowest BCUT2D eigenvalue weighted by atomic mass is 9.97. The van der Waals surface area contributed by atoms with Gasteiger partial charge >= 0.3 is 0 Å². The Morgan fingerprint density at radius 2 is 1.77 bits per heavy atom. The summed E-state index contributed by atoms with van der Waals surface area (Å²) in [6.45, 7) is 6.12. The molecule has 1 aliphatic heterocycles. The molecule has 0 unspecified atom stereocenters. The standard InChI is InChI=1S/C27H27Cl2N5O/c1-17-3-4-19(15-22(17)31-23(35)16-28)24-25-21(29)9-10-30-27(25)32-26(24)18-5-7-20(8-6-18)34-13-11-33(2)12-14-34/h3-10,15H,11-14,16H2,1-2H3,(H,30,32)(H,31,35). The minimum absolute atomic E-state index is 0.0998. The quantitative estimate of drug-likeness (QED) is 0.335. The maximum atomic E-state index is 12.0. The highest BCUT2D eigenvalue weighted by Crippen LogP contribution is 2.42. The van der Waals surface area contributed by atoms with Gasteiger partial charge in [0.25, 0.3) is 0 Å². The van der Waals surface area contributed by atoms with Gasteiger partial charge in [-0.2, -0.15) is 0 Å². The minimum Gasteiger partial charge on any atom is -0.369 e. The highest BCUT2D eigenvalue weighted by atomic mass is 35.5. The Balaban J connectivity index is 1.60. The number of carbonyl (C=O) groups is 1. The van der Waals surface area contributed by atoms with Gasteiger partial charge in [-0.15, -0.1) is 11.6 Å². The van der Waals surface area contributed by atoms with Gasteiger partial charge < -0.3 is 20.1 Å². The highest BCUT2D eigenvalue weighted by Gasteiger charge is 2.20. The van der Waals surface area contributed by atoms with Crippen molar-refractivity contribution in [1.29, 1.82) is 0 Å². The Hall–Kier alpha value is -3.06. The largest absolute Gasteiger partial charge is 0.369 e. The van der Waals surface area contributed by atoms with Crippen LogP contribution in [0.4, 0.5) is 11.4 Å². The first-order valence-corrected chi connectivity index (χ1v) is 12.5. The van der Waals surface area contributed by atoms with Gasteiger partial charge in [-0.1, -0.05) is 35.9 Å². The van der Waals surface area contributed by atoms with Crippen LogP contribution >= 0.6 is 23.2 Å². The summed E-state index contributed by atoms with van der Waals surface area (Å²) in [5, 5.41) is 4.36. The van der Waals surface area contributed by atoms with Gasteiger partial charge in [-0.05, 0) is 54.9 Å². The summed E-state index contributed by atoms with van der Waals surface area (Å²) >= 11 is 12.4. The fourth-order valence-electron chi connectivity index (χ4n) is 4.58. The van der Waals surface area contributed by atoms with Gasteiger partial charge in [-0.25, -0.2) is 4.98 Å². The number of benzene rings is 2. The molecule has 0 spiro atoms. The lowest BCUT2D eigenvalue weighted by molar-refractivity contribution is -0.113. The van der Waals surface area contributed by atoms with Gasteiger partial charge in [-0.3, -0.25) is 4.79 Å². The van der Waals surface area contributed by atoms with E-state index in [4.69, 9.17) is 23.2 Å². The number of pyridine rings is 1. The molecular formula is C27H27Cl2N5O. The van der Waals surface area contributed by atoms with Gasteiger partial charge in [0.15, 0.2) is 0 Å². The van der Waals surface area contributed by atoms with Gasteiger partial charge in [0.1, 0.15) is 11.5 Å². The molecule has 3 heterocycles. The van der Waals surface area contributed by atoms with Crippen molar-refractivity contribution in [3.8, 4) is 22.4 Å². The van der Waals surface area contributed by atoms with Crippen LogP contribution in [0.2, 0.25) is 5.02 Å². The molecule has 1 saturated heterocycles. The average molecular weight is 508 g/mol. The fourth-order valence-corrected chi connectivity index (χ4v) is 4.89. The number of anilines is 2. The van der Waals surface area contributed by atoms with Crippen molar-refractivity contribution in [2.45, 2.75) is 6.92 Å². The van der Waals surface area contributed by atoms with E-state index in [-0.39, 0.29) is 11.8 Å². The third kappa shape index (κ3) is 4.74.